The summed E-state index contributed by atoms with van der Waals surface area (Å²) < 4.78 is 12.2. The monoisotopic (exact) mass is 1580 g/mol. The second kappa shape index (κ2) is 37.8. The molecule has 0 aromatic heterocycles. The van der Waals surface area contributed by atoms with Crippen LogP contribution in [0.2, 0.25) is 0 Å². The lowest BCUT2D eigenvalue weighted by atomic mass is 9.77. The molecule has 112 heavy (non-hydrogen) atoms. The number of nitrogens with two attached hydrogens (primary N) is 1. The Balaban J connectivity index is 0.786. The fraction of sp³-hybridized carbons (Fsp3) is 0.521. The summed E-state index contributed by atoms with van der Waals surface area (Å²) in [6.07, 6.45) is -3.36. The van der Waals surface area contributed by atoms with Crippen molar-refractivity contribution in [3.63, 3.8) is 0 Å². The van der Waals surface area contributed by atoms with E-state index in [2.05, 4.69) is 42.4 Å². The minimum atomic E-state index is -1.78. The highest BCUT2D eigenvalue weighted by Gasteiger charge is 2.55. The highest BCUT2D eigenvalue weighted by molar-refractivity contribution is 7.80. The van der Waals surface area contributed by atoms with Gasteiger partial charge in [0.15, 0.2) is 22.9 Å². The van der Waals surface area contributed by atoms with Crippen molar-refractivity contribution < 1.29 is 122 Å². The van der Waals surface area contributed by atoms with Gasteiger partial charge in [0.1, 0.15) is 71.3 Å². The molecule has 0 radical (unpaired) electrons. The number of thiocarbonyl (C=S) groups is 1. The summed E-state index contributed by atoms with van der Waals surface area (Å²) in [7, 11) is 0. The van der Waals surface area contributed by atoms with Crippen LogP contribution in [0.25, 0.3) is 0 Å². The number of aliphatic hydroxyl groups excluding tert-OH is 1. The van der Waals surface area contributed by atoms with Crippen LogP contribution in [-0.2, 0) is 82.3 Å². The highest BCUT2D eigenvalue weighted by atomic mass is 32.1. The Hall–Kier alpha value is -11.8. The van der Waals surface area contributed by atoms with E-state index >= 15 is 0 Å². The van der Waals surface area contributed by atoms with Crippen LogP contribution in [0.3, 0.4) is 0 Å². The summed E-state index contributed by atoms with van der Waals surface area (Å²) >= 11 is 5.63. The number of primary amides is 1. The quantitative estimate of drug-likeness (QED) is 0.0123. The van der Waals surface area contributed by atoms with Crippen LogP contribution in [0.4, 0.5) is 5.69 Å². The number of benzene rings is 3. The number of rotatable bonds is 35. The molecule has 0 bridgehead atoms. The van der Waals surface area contributed by atoms with Crippen LogP contribution in [0.5, 0.6) is 23.0 Å². The first kappa shape index (κ1) is 84.3. The van der Waals surface area contributed by atoms with E-state index < -0.39 is 194 Å². The number of nitrogens with one attached hydrogen (secondary N) is 7. The molecular weight excluding hydrogens is 1490 g/mol. The second-order valence-corrected chi connectivity index (χ2v) is 28.5. The van der Waals surface area contributed by atoms with Gasteiger partial charge in [0, 0.05) is 106 Å². The molecule has 6 aliphatic rings. The molecule has 10 amide bonds. The zero-order chi connectivity index (χ0) is 81.4. The Kier molecular flexibility index (Phi) is 28.4. The van der Waals surface area contributed by atoms with Gasteiger partial charge in [-0.15, -0.1) is 0 Å². The van der Waals surface area contributed by atoms with Gasteiger partial charge >= 0.3 is 29.8 Å². The number of carbonyl (C=O) groups is 15. The molecule has 1 unspecified atom stereocenters. The maximum Gasteiger partial charge on any atom is 0.340 e. The standard InChI is InChI=1S/C73H91N13O25S/c1-37(68(105)85-30-6-4-10-51(85)70(107)86-33-27-52(111-76-29-7-14-56(91)92)61(86)67(104)80-47(22-25-58(95)96)63(100)79-46(62(74)99)21-24-57(93)94)77-66(103)60(38(2)87)82-65(102)50-12-9-32-84(50)69(106)48(23-26-59(97)98)81-64(101)49-11-8-31-83(49)55(90)13-3-5-28-75-72(112)78-39-15-18-42-45(34-39)73(110-71(42)108)43-19-16-40(88)35-53(43)109-54-36-41(89)17-20-44(54)73/h15-20,29,34-38,46-52,60-61,87-89H,3-14,21-28,30-33H2,1-2H3,(H2,74,99)(H,77,103)(H,79,100)(H,80,104)(H,81,101)(H,82,102)(H,91,92)(H,93,94)(H,95,96)(H,97,98)(H2,75,78,112)/b76-29-/t37-,38+,46-,47-,48-,49-,50-,51?,52-,60-,61-/m0/s1. The van der Waals surface area contributed by atoms with Crippen LogP contribution >= 0.6 is 12.2 Å². The van der Waals surface area contributed by atoms with Gasteiger partial charge in [0.25, 0.3) is 0 Å². The number of hydrogen-bond acceptors (Lipinski definition) is 23. The molecule has 6 heterocycles. The second-order valence-electron chi connectivity index (χ2n) is 28.1. The number of fused-ring (bicyclic) bond motifs is 6. The third-order valence-electron chi connectivity index (χ3n) is 20.2. The van der Waals surface area contributed by atoms with Gasteiger partial charge in [-0.25, -0.2) is 4.79 Å². The van der Waals surface area contributed by atoms with Gasteiger partial charge in [-0.05, 0) is 152 Å². The highest BCUT2D eigenvalue weighted by Crippen LogP contribution is 2.57. The molecular formula is C73H91N13O25S. The minimum Gasteiger partial charge on any atom is -0.508 e. The predicted molar refractivity (Wildman–Crippen MR) is 392 cm³/mol. The van der Waals surface area contributed by atoms with E-state index in [0.717, 1.165) is 16.0 Å². The SMILES string of the molecule is C[C@H](NC(=O)[C@@H](NC(=O)[C@@H]1CCCN1C(=O)[C@H](CCC(=O)O)NC(=O)[C@@H]1CCCN1C(=O)CCCCNC(=S)Nc1ccc2c(c1)C1(OC2=O)c2ccc(O)cc2Oc2cc(O)ccc21)[C@@H](C)O)C(=O)N1CCCCC1C(=O)N1CC[C@H](O/N=C\CCC(=O)O)[C@H]1C(=O)N[C@@H](CCC(=O)O)C(=O)N[C@@H](CCC(=O)O)C(N)=O. The Morgan fingerprint density at radius 2 is 1.18 bits per heavy atom. The van der Waals surface area contributed by atoms with E-state index in [1.165, 1.54) is 47.9 Å². The Morgan fingerprint density at radius 1 is 0.607 bits per heavy atom. The molecule has 1 spiro atoms. The molecule has 11 atom stereocenters. The lowest BCUT2D eigenvalue weighted by Crippen LogP contribution is -2.62. The predicted octanol–water partition coefficient (Wildman–Crippen LogP) is 0.227. The number of anilines is 1. The minimum absolute atomic E-state index is 0.0149. The Labute approximate surface area is 645 Å². The molecule has 9 rings (SSSR count). The van der Waals surface area contributed by atoms with Crippen molar-refractivity contribution in [2.75, 3.05) is 38.0 Å². The number of nitrogens with zero attached hydrogens (tertiary/aromatic N) is 5. The number of ether oxygens (including phenoxy) is 2. The molecule has 3 aromatic carbocycles. The zero-order valence-corrected chi connectivity index (χ0v) is 62.1. The summed E-state index contributed by atoms with van der Waals surface area (Å²) in [5.41, 5.74) is 5.96. The number of carbonyl (C=O) groups excluding carboxylic acids is 11. The van der Waals surface area contributed by atoms with E-state index in [-0.39, 0.29) is 117 Å². The fourth-order valence-electron chi connectivity index (χ4n) is 14.7. The van der Waals surface area contributed by atoms with E-state index in [0.29, 0.717) is 61.0 Å². The molecule has 4 fully saturated rings. The molecule has 0 saturated carbocycles. The number of unbranched alkanes of at least 4 members (excludes halogenated alkanes) is 1. The van der Waals surface area contributed by atoms with Gasteiger partial charge in [-0.1, -0.05) is 5.16 Å². The number of aliphatic hydroxyl groups is 1. The average molecular weight is 1580 g/mol. The van der Waals surface area contributed by atoms with Crippen molar-refractivity contribution in [2.24, 2.45) is 10.9 Å². The van der Waals surface area contributed by atoms with Gasteiger partial charge in [-0.2, -0.15) is 0 Å². The van der Waals surface area contributed by atoms with Crippen LogP contribution in [0.1, 0.15) is 163 Å². The van der Waals surface area contributed by atoms with Crippen molar-refractivity contribution >= 4 is 118 Å². The van der Waals surface area contributed by atoms with Gasteiger partial charge < -0.3 is 113 Å². The first-order valence-electron chi connectivity index (χ1n) is 36.8. The number of phenolic OH excluding ortho intramolecular Hbond substituents is 2. The topological polar surface area (TPSA) is 561 Å². The van der Waals surface area contributed by atoms with E-state index in [4.69, 9.17) is 37.4 Å². The molecule has 4 saturated heterocycles. The maximum absolute atomic E-state index is 14.9. The number of aliphatic carboxylic acids is 4. The number of likely N-dealkylation sites (tertiary alicyclic amines) is 4. The first-order chi connectivity index (χ1) is 53.3. The molecule has 604 valence electrons. The van der Waals surface area contributed by atoms with Gasteiger partial charge in [0.2, 0.25) is 59.1 Å². The number of hydrogen-bond donors (Lipinski definition) is 15. The number of piperidine rings is 1. The molecule has 39 heteroatoms. The summed E-state index contributed by atoms with van der Waals surface area (Å²) in [6, 6.07) is 0.321. The first-order valence-corrected chi connectivity index (χ1v) is 37.2. The van der Waals surface area contributed by atoms with E-state index in [9.17, 15) is 103 Å². The van der Waals surface area contributed by atoms with Crippen LogP contribution in [-0.4, -0.2) is 255 Å². The zero-order valence-electron chi connectivity index (χ0n) is 61.3. The van der Waals surface area contributed by atoms with Crippen molar-refractivity contribution in [2.45, 2.75) is 208 Å². The lowest BCUT2D eigenvalue weighted by molar-refractivity contribution is -0.153. The smallest absolute Gasteiger partial charge is 0.340 e. The Morgan fingerprint density at radius 3 is 1.80 bits per heavy atom. The number of amides is 10. The number of carboxylic acid groups (broad SMARTS) is 4. The lowest BCUT2D eigenvalue weighted by Gasteiger charge is -2.39. The summed E-state index contributed by atoms with van der Waals surface area (Å²) in [5, 5.41) is 91.7. The number of oxime groups is 1. The van der Waals surface area contributed by atoms with Crippen molar-refractivity contribution in [3.8, 4) is 23.0 Å². The number of aromatic hydroxyl groups is 2. The van der Waals surface area contributed by atoms with Crippen LogP contribution in [0, 0.1) is 0 Å². The van der Waals surface area contributed by atoms with Crippen LogP contribution in [0.15, 0.2) is 59.8 Å². The van der Waals surface area contributed by atoms with E-state index in [1.807, 2.05) is 0 Å². The number of carboxylic acids is 4. The molecule has 3 aromatic rings. The molecule has 16 N–H and O–H groups in total. The Bertz CT molecular complexity index is 4150. The number of phenols is 2. The fourth-order valence-corrected chi connectivity index (χ4v) is 14.9. The van der Waals surface area contributed by atoms with Crippen molar-refractivity contribution in [3.05, 3.63) is 76.9 Å². The third-order valence-corrected chi connectivity index (χ3v) is 20.5. The maximum atomic E-state index is 14.9. The largest absolute Gasteiger partial charge is 0.508 e. The third kappa shape index (κ3) is 20.4. The molecule has 0 aliphatic carbocycles. The number of esters is 1. The van der Waals surface area contributed by atoms with Crippen molar-refractivity contribution in [1.82, 2.24) is 51.5 Å². The van der Waals surface area contributed by atoms with Gasteiger partial charge in [-0.3, -0.25) is 67.1 Å². The normalized spacial score (nSPS) is 20.2. The average Bonchev–Trinajstić information content (AvgIpc) is 1.48. The van der Waals surface area contributed by atoms with Gasteiger partial charge in [0.05, 0.1) is 18.1 Å². The van der Waals surface area contributed by atoms with E-state index in [1.54, 1.807) is 30.3 Å². The summed E-state index contributed by atoms with van der Waals surface area (Å²) in [6.45, 7) is 2.61. The van der Waals surface area contributed by atoms with Crippen LogP contribution < -0.4 is 47.7 Å². The summed E-state index contributed by atoms with van der Waals surface area (Å²) in [4.78, 5) is 211. The molecule has 6 aliphatic heterocycles. The van der Waals surface area contributed by atoms with Crippen molar-refractivity contribution in [1.29, 1.82) is 0 Å². The summed E-state index contributed by atoms with van der Waals surface area (Å²) in [5.74, 6) is -14.6. The molecule has 38 nitrogen and oxygen atoms in total.